The lowest BCUT2D eigenvalue weighted by atomic mass is 9.94. The van der Waals surface area contributed by atoms with Gasteiger partial charge in [-0.3, -0.25) is 9.59 Å². The van der Waals surface area contributed by atoms with Crippen LogP contribution in [0.25, 0.3) is 0 Å². The molecule has 1 amide bonds. The topological polar surface area (TPSA) is 66.4 Å². The molecule has 4 nitrogen and oxygen atoms in total. The summed E-state index contributed by atoms with van der Waals surface area (Å²) in [7, 11) is 0. The minimum absolute atomic E-state index is 0.130. The van der Waals surface area contributed by atoms with Gasteiger partial charge in [-0.2, -0.15) is 0 Å². The summed E-state index contributed by atoms with van der Waals surface area (Å²) in [5.41, 5.74) is -0.0406. The number of carbonyl (C=O) groups excluding carboxylic acids is 1. The fourth-order valence-corrected chi connectivity index (χ4v) is 0.697. The van der Waals surface area contributed by atoms with Gasteiger partial charge in [-0.05, 0) is 27.7 Å². The summed E-state index contributed by atoms with van der Waals surface area (Å²) >= 11 is 0. The fraction of sp³-hybridized carbons (Fsp3) is 0.600. The number of amides is 1. The molecule has 0 unspecified atom stereocenters. The molecule has 0 radical (unpaired) electrons. The third-order valence-electron chi connectivity index (χ3n) is 1.70. The maximum atomic E-state index is 11.1. The normalized spacial score (nSPS) is 10.6. The number of hydrogen-bond donors (Lipinski definition) is 2. The Labute approximate surface area is 84.0 Å². The van der Waals surface area contributed by atoms with Crippen LogP contribution in [0.1, 0.15) is 27.7 Å². The first kappa shape index (κ1) is 12.7. The third kappa shape index (κ3) is 4.64. The highest BCUT2D eigenvalue weighted by Crippen LogP contribution is 2.12. The number of allylic oxidation sites excluding steroid dienone is 1. The Morgan fingerprint density at radius 1 is 1.36 bits per heavy atom. The highest BCUT2D eigenvalue weighted by molar-refractivity contribution is 5.88. The van der Waals surface area contributed by atoms with E-state index in [2.05, 4.69) is 5.32 Å². The van der Waals surface area contributed by atoms with Crippen LogP contribution < -0.4 is 5.32 Å². The average Bonchev–Trinajstić information content (AvgIpc) is 1.99. The zero-order valence-electron chi connectivity index (χ0n) is 9.05. The van der Waals surface area contributed by atoms with E-state index in [1.165, 1.54) is 6.08 Å². The number of nitrogens with one attached hydrogen (secondary N) is 1. The Kier molecular flexibility index (Phi) is 4.34. The van der Waals surface area contributed by atoms with Crippen LogP contribution >= 0.6 is 0 Å². The molecule has 0 aromatic heterocycles. The van der Waals surface area contributed by atoms with E-state index < -0.39 is 11.4 Å². The average molecular weight is 199 g/mol. The first-order chi connectivity index (χ1) is 6.25. The van der Waals surface area contributed by atoms with Crippen molar-refractivity contribution in [2.45, 2.75) is 27.7 Å². The van der Waals surface area contributed by atoms with Crippen molar-refractivity contribution in [1.82, 2.24) is 5.32 Å². The Balaban J connectivity index is 4.14. The minimum Gasteiger partial charge on any atom is -0.481 e. The van der Waals surface area contributed by atoms with Gasteiger partial charge < -0.3 is 10.4 Å². The van der Waals surface area contributed by atoms with Crippen LogP contribution in [-0.2, 0) is 9.59 Å². The van der Waals surface area contributed by atoms with Crippen molar-refractivity contribution >= 4 is 11.9 Å². The molecule has 80 valence electrons. The summed E-state index contributed by atoms with van der Waals surface area (Å²) in [6.45, 7) is 6.88. The molecule has 2 N–H and O–H groups in total. The first-order valence-corrected chi connectivity index (χ1v) is 4.42. The van der Waals surface area contributed by atoms with Crippen LogP contribution in [0.3, 0.4) is 0 Å². The molecular formula is C10H17NO3. The van der Waals surface area contributed by atoms with Gasteiger partial charge in [-0.1, -0.05) is 5.57 Å². The van der Waals surface area contributed by atoms with Gasteiger partial charge in [-0.15, -0.1) is 0 Å². The molecule has 0 aromatic carbocycles. The SMILES string of the molecule is CC(C)=CC(=O)NCC(C)(C)C(=O)O. The molecule has 14 heavy (non-hydrogen) atoms. The van der Waals surface area contributed by atoms with Gasteiger partial charge in [0, 0.05) is 12.6 Å². The lowest BCUT2D eigenvalue weighted by molar-refractivity contribution is -0.146. The molecule has 0 heterocycles. The lowest BCUT2D eigenvalue weighted by Gasteiger charge is -2.18. The fourth-order valence-electron chi connectivity index (χ4n) is 0.697. The van der Waals surface area contributed by atoms with E-state index in [0.717, 1.165) is 5.57 Å². The van der Waals surface area contributed by atoms with Crippen LogP contribution in [0.5, 0.6) is 0 Å². The number of carbonyl (C=O) groups is 2. The summed E-state index contributed by atoms with van der Waals surface area (Å²) in [6.07, 6.45) is 1.44. The third-order valence-corrected chi connectivity index (χ3v) is 1.70. The van der Waals surface area contributed by atoms with Gasteiger partial charge in [0.05, 0.1) is 5.41 Å². The number of carboxylic acid groups (broad SMARTS) is 1. The Bertz CT molecular complexity index is 263. The molecule has 0 atom stereocenters. The smallest absolute Gasteiger partial charge is 0.310 e. The van der Waals surface area contributed by atoms with E-state index >= 15 is 0 Å². The van der Waals surface area contributed by atoms with Gasteiger partial charge in [0.25, 0.3) is 0 Å². The zero-order valence-corrected chi connectivity index (χ0v) is 9.05. The van der Waals surface area contributed by atoms with Crippen LogP contribution in [-0.4, -0.2) is 23.5 Å². The van der Waals surface area contributed by atoms with E-state index in [-0.39, 0.29) is 12.5 Å². The number of aliphatic carboxylic acids is 1. The number of rotatable bonds is 4. The molecule has 0 aliphatic rings. The maximum Gasteiger partial charge on any atom is 0.310 e. The van der Waals surface area contributed by atoms with Crippen molar-refractivity contribution in [3.05, 3.63) is 11.6 Å². The standard InChI is InChI=1S/C10H17NO3/c1-7(2)5-8(12)11-6-10(3,4)9(13)14/h5H,6H2,1-4H3,(H,11,12)(H,13,14). The van der Waals surface area contributed by atoms with Crippen LogP contribution in [0.15, 0.2) is 11.6 Å². The molecule has 0 aliphatic heterocycles. The van der Waals surface area contributed by atoms with Gasteiger partial charge >= 0.3 is 5.97 Å². The summed E-state index contributed by atoms with van der Waals surface area (Å²) in [5, 5.41) is 11.3. The first-order valence-electron chi connectivity index (χ1n) is 4.42. The molecule has 4 heteroatoms. The largest absolute Gasteiger partial charge is 0.481 e. The lowest BCUT2D eigenvalue weighted by Crippen LogP contribution is -2.38. The monoisotopic (exact) mass is 199 g/mol. The van der Waals surface area contributed by atoms with Crippen molar-refractivity contribution < 1.29 is 14.7 Å². The molecule has 0 aromatic rings. The van der Waals surface area contributed by atoms with Crippen molar-refractivity contribution in [2.75, 3.05) is 6.54 Å². The summed E-state index contributed by atoms with van der Waals surface area (Å²) in [6, 6.07) is 0. The summed E-state index contributed by atoms with van der Waals surface area (Å²) in [5.74, 6) is -1.17. The van der Waals surface area contributed by atoms with E-state index in [1.807, 2.05) is 13.8 Å². The predicted octanol–water partition coefficient (Wildman–Crippen LogP) is 1.18. The summed E-state index contributed by atoms with van der Waals surface area (Å²) in [4.78, 5) is 21.8. The van der Waals surface area contributed by atoms with Crippen LogP contribution in [0.2, 0.25) is 0 Å². The van der Waals surface area contributed by atoms with Crippen LogP contribution in [0, 0.1) is 5.41 Å². The van der Waals surface area contributed by atoms with Gasteiger partial charge in [0.1, 0.15) is 0 Å². The molecule has 0 fully saturated rings. The van der Waals surface area contributed by atoms with Gasteiger partial charge in [0.2, 0.25) is 5.91 Å². The highest BCUT2D eigenvalue weighted by Gasteiger charge is 2.27. The minimum atomic E-state index is -0.925. The Morgan fingerprint density at radius 2 is 1.86 bits per heavy atom. The molecule has 0 spiro atoms. The van der Waals surface area contributed by atoms with Crippen molar-refractivity contribution in [2.24, 2.45) is 5.41 Å². The summed E-state index contributed by atoms with van der Waals surface area (Å²) < 4.78 is 0. The van der Waals surface area contributed by atoms with E-state index in [9.17, 15) is 9.59 Å². The number of hydrogen-bond acceptors (Lipinski definition) is 2. The second-order valence-corrected chi connectivity index (χ2v) is 4.13. The maximum absolute atomic E-state index is 11.1. The van der Waals surface area contributed by atoms with Crippen LogP contribution in [0.4, 0.5) is 0 Å². The van der Waals surface area contributed by atoms with Gasteiger partial charge in [0.15, 0.2) is 0 Å². The number of carboxylic acids is 1. The van der Waals surface area contributed by atoms with E-state index in [4.69, 9.17) is 5.11 Å². The molecule has 0 rings (SSSR count). The molecule has 0 saturated carbocycles. The second kappa shape index (κ2) is 4.79. The van der Waals surface area contributed by atoms with Crippen molar-refractivity contribution in [3.63, 3.8) is 0 Å². The van der Waals surface area contributed by atoms with Crippen molar-refractivity contribution in [3.8, 4) is 0 Å². The Morgan fingerprint density at radius 3 is 2.21 bits per heavy atom. The molecule has 0 bridgehead atoms. The molecule has 0 aliphatic carbocycles. The second-order valence-electron chi connectivity index (χ2n) is 4.13. The van der Waals surface area contributed by atoms with E-state index in [1.54, 1.807) is 13.8 Å². The zero-order chi connectivity index (χ0) is 11.4. The molecular weight excluding hydrogens is 182 g/mol. The van der Waals surface area contributed by atoms with E-state index in [0.29, 0.717) is 0 Å². The highest BCUT2D eigenvalue weighted by atomic mass is 16.4. The predicted molar refractivity (Wildman–Crippen MR) is 53.9 cm³/mol. The molecule has 0 saturated heterocycles. The van der Waals surface area contributed by atoms with Gasteiger partial charge in [-0.25, -0.2) is 0 Å². The van der Waals surface area contributed by atoms with Crippen molar-refractivity contribution in [1.29, 1.82) is 0 Å². The quantitative estimate of drug-likeness (QED) is 0.668. The Hall–Kier alpha value is -1.32.